The van der Waals surface area contributed by atoms with E-state index in [4.69, 9.17) is 5.11 Å². The van der Waals surface area contributed by atoms with Crippen LogP contribution in [0.3, 0.4) is 0 Å². The summed E-state index contributed by atoms with van der Waals surface area (Å²) >= 11 is 0. The molecule has 0 unspecified atom stereocenters. The molecule has 0 bridgehead atoms. The quantitative estimate of drug-likeness (QED) is 0.808. The molecular weight excluding hydrogens is 262 g/mol. The number of anilines is 1. The monoisotopic (exact) mass is 281 g/mol. The van der Waals surface area contributed by atoms with E-state index in [0.717, 1.165) is 11.1 Å². The first-order chi connectivity index (χ1) is 9.02. The van der Waals surface area contributed by atoms with Crippen molar-refractivity contribution in [1.29, 1.82) is 0 Å². The van der Waals surface area contributed by atoms with Crippen molar-refractivity contribution in [1.82, 2.24) is 0 Å². The van der Waals surface area contributed by atoms with Crippen LogP contribution in [0.15, 0.2) is 18.2 Å². The minimum Gasteiger partial charge on any atom is -0.384 e. The predicted molar refractivity (Wildman–Crippen MR) is 77.5 cm³/mol. The summed E-state index contributed by atoms with van der Waals surface area (Å²) in [5, 5.41) is 8.66. The Hall–Kier alpha value is -1.51. The average Bonchev–Trinajstić information content (AvgIpc) is 2.37. The number of nitrogens with one attached hydrogen (secondary N) is 1. The van der Waals surface area contributed by atoms with Gasteiger partial charge < -0.3 is 5.11 Å². The van der Waals surface area contributed by atoms with Crippen LogP contribution in [-0.4, -0.2) is 25.9 Å². The highest BCUT2D eigenvalue weighted by molar-refractivity contribution is 7.92. The number of aliphatic hydroxyl groups excluding tert-OH is 1. The number of sulfonamides is 1. The summed E-state index contributed by atoms with van der Waals surface area (Å²) in [5.41, 5.74) is 2.26. The maximum absolute atomic E-state index is 11.8. The molecule has 0 heterocycles. The molecule has 4 nitrogen and oxygen atoms in total. The molecule has 0 saturated carbocycles. The molecule has 0 aromatic heterocycles. The van der Waals surface area contributed by atoms with Crippen molar-refractivity contribution in [2.24, 2.45) is 0 Å². The SMILES string of the molecule is CCCS(=O)(=O)Nc1ccc(C#CCO)cc1CC. The van der Waals surface area contributed by atoms with E-state index >= 15 is 0 Å². The molecule has 5 heteroatoms. The molecule has 1 rings (SSSR count). The molecule has 0 fully saturated rings. The van der Waals surface area contributed by atoms with Gasteiger partial charge in [-0.3, -0.25) is 4.72 Å². The molecule has 104 valence electrons. The van der Waals surface area contributed by atoms with E-state index in [2.05, 4.69) is 16.6 Å². The minimum absolute atomic E-state index is 0.113. The van der Waals surface area contributed by atoms with Crippen LogP contribution < -0.4 is 4.72 Å². The lowest BCUT2D eigenvalue weighted by Gasteiger charge is -2.11. The maximum Gasteiger partial charge on any atom is 0.232 e. The van der Waals surface area contributed by atoms with Gasteiger partial charge in [0, 0.05) is 5.56 Å². The van der Waals surface area contributed by atoms with Gasteiger partial charge >= 0.3 is 0 Å². The molecule has 1 aromatic carbocycles. The van der Waals surface area contributed by atoms with Crippen LogP contribution in [0.1, 0.15) is 31.4 Å². The molecular formula is C14H19NO3S. The second-order valence-corrected chi connectivity index (χ2v) is 5.95. The Kier molecular flexibility index (Phi) is 5.87. The second kappa shape index (κ2) is 7.17. The van der Waals surface area contributed by atoms with Crippen molar-refractivity contribution in [3.05, 3.63) is 29.3 Å². The minimum atomic E-state index is -3.27. The number of aliphatic hydroxyl groups is 1. The molecule has 0 atom stereocenters. The molecule has 0 spiro atoms. The smallest absolute Gasteiger partial charge is 0.232 e. The lowest BCUT2D eigenvalue weighted by molar-refractivity contribution is 0.350. The predicted octanol–water partition coefficient (Wildman–Crippen LogP) is 1.74. The maximum atomic E-state index is 11.8. The van der Waals surface area contributed by atoms with Gasteiger partial charge in [0.15, 0.2) is 0 Å². The third-order valence-corrected chi connectivity index (χ3v) is 4.01. The third-order valence-electron chi connectivity index (χ3n) is 2.54. The van der Waals surface area contributed by atoms with Crippen LogP contribution in [0.4, 0.5) is 5.69 Å². The van der Waals surface area contributed by atoms with Crippen LogP contribution in [0.25, 0.3) is 0 Å². The van der Waals surface area contributed by atoms with Crippen LogP contribution >= 0.6 is 0 Å². The molecule has 0 amide bonds. The van der Waals surface area contributed by atoms with Crippen molar-refractivity contribution < 1.29 is 13.5 Å². The fourth-order valence-corrected chi connectivity index (χ4v) is 2.87. The van der Waals surface area contributed by atoms with Crippen molar-refractivity contribution in [3.63, 3.8) is 0 Å². The van der Waals surface area contributed by atoms with Gasteiger partial charge in [-0.1, -0.05) is 25.7 Å². The van der Waals surface area contributed by atoms with Crippen LogP contribution in [0.5, 0.6) is 0 Å². The molecule has 2 N–H and O–H groups in total. The Bertz CT molecular complexity index is 582. The number of aryl methyl sites for hydroxylation is 1. The Morgan fingerprint density at radius 3 is 2.63 bits per heavy atom. The van der Waals surface area contributed by atoms with Gasteiger partial charge in [0.25, 0.3) is 0 Å². The van der Waals surface area contributed by atoms with Gasteiger partial charge in [0.2, 0.25) is 10.0 Å². The summed E-state index contributed by atoms with van der Waals surface area (Å²) in [4.78, 5) is 0. The zero-order valence-corrected chi connectivity index (χ0v) is 12.0. The van der Waals surface area contributed by atoms with Crippen molar-refractivity contribution in [2.75, 3.05) is 17.1 Å². The summed E-state index contributed by atoms with van der Waals surface area (Å²) in [7, 11) is -3.27. The Balaban J connectivity index is 3.03. The van der Waals surface area contributed by atoms with E-state index in [9.17, 15) is 8.42 Å². The number of benzene rings is 1. The van der Waals surface area contributed by atoms with Crippen molar-refractivity contribution in [2.45, 2.75) is 26.7 Å². The van der Waals surface area contributed by atoms with E-state index in [1.165, 1.54) is 0 Å². The van der Waals surface area contributed by atoms with Gasteiger partial charge in [-0.15, -0.1) is 0 Å². The number of rotatable bonds is 5. The molecule has 0 aliphatic heterocycles. The molecule has 0 aliphatic rings. The second-order valence-electron chi connectivity index (χ2n) is 4.11. The summed E-state index contributed by atoms with van der Waals surface area (Å²) in [6.07, 6.45) is 1.29. The fraction of sp³-hybridized carbons (Fsp3) is 0.429. The third kappa shape index (κ3) is 4.93. The first kappa shape index (κ1) is 15.5. The molecule has 0 radical (unpaired) electrons. The first-order valence-corrected chi connectivity index (χ1v) is 7.90. The van der Waals surface area contributed by atoms with Gasteiger partial charge in [0.1, 0.15) is 6.61 Å². The van der Waals surface area contributed by atoms with Gasteiger partial charge in [-0.25, -0.2) is 8.42 Å². The topological polar surface area (TPSA) is 66.4 Å². The average molecular weight is 281 g/mol. The highest BCUT2D eigenvalue weighted by Crippen LogP contribution is 2.19. The lowest BCUT2D eigenvalue weighted by atomic mass is 10.1. The molecule has 1 aromatic rings. The summed E-state index contributed by atoms with van der Waals surface area (Å²) in [6, 6.07) is 5.30. The fourth-order valence-electron chi connectivity index (χ4n) is 1.69. The Morgan fingerprint density at radius 1 is 1.32 bits per heavy atom. The number of hydrogen-bond donors (Lipinski definition) is 2. The summed E-state index contributed by atoms with van der Waals surface area (Å²) < 4.78 is 26.1. The summed E-state index contributed by atoms with van der Waals surface area (Å²) in [5.74, 6) is 5.49. The van der Waals surface area contributed by atoms with Crippen LogP contribution in [0, 0.1) is 11.8 Å². The van der Waals surface area contributed by atoms with Gasteiger partial charge in [0.05, 0.1) is 11.4 Å². The van der Waals surface area contributed by atoms with Crippen LogP contribution in [-0.2, 0) is 16.4 Å². The van der Waals surface area contributed by atoms with E-state index in [1.807, 2.05) is 19.9 Å². The first-order valence-electron chi connectivity index (χ1n) is 6.25. The van der Waals surface area contributed by atoms with E-state index in [1.54, 1.807) is 12.1 Å². The highest BCUT2D eigenvalue weighted by Gasteiger charge is 2.11. The van der Waals surface area contributed by atoms with E-state index in [0.29, 0.717) is 18.5 Å². The summed E-state index contributed by atoms with van der Waals surface area (Å²) in [6.45, 7) is 3.59. The van der Waals surface area contributed by atoms with E-state index < -0.39 is 10.0 Å². The molecule has 0 saturated heterocycles. The Labute approximate surface area is 114 Å². The molecule has 0 aliphatic carbocycles. The van der Waals surface area contributed by atoms with E-state index in [-0.39, 0.29) is 12.4 Å². The number of hydrogen-bond acceptors (Lipinski definition) is 3. The zero-order valence-electron chi connectivity index (χ0n) is 11.2. The standard InChI is InChI=1S/C14H19NO3S/c1-3-10-19(17,18)15-14-8-7-12(6-5-9-16)11-13(14)4-2/h7-8,11,15-16H,3-4,9-10H2,1-2H3. The lowest BCUT2D eigenvalue weighted by Crippen LogP contribution is -2.17. The Morgan fingerprint density at radius 2 is 2.05 bits per heavy atom. The largest absolute Gasteiger partial charge is 0.384 e. The van der Waals surface area contributed by atoms with Gasteiger partial charge in [-0.05, 0) is 36.6 Å². The van der Waals surface area contributed by atoms with Crippen LogP contribution in [0.2, 0.25) is 0 Å². The zero-order chi connectivity index (χ0) is 14.3. The van der Waals surface area contributed by atoms with Crippen molar-refractivity contribution >= 4 is 15.7 Å². The highest BCUT2D eigenvalue weighted by atomic mass is 32.2. The van der Waals surface area contributed by atoms with Gasteiger partial charge in [-0.2, -0.15) is 0 Å². The molecule has 19 heavy (non-hydrogen) atoms. The normalized spacial score (nSPS) is 10.7. The van der Waals surface area contributed by atoms with Crippen molar-refractivity contribution in [3.8, 4) is 11.8 Å².